The van der Waals surface area contributed by atoms with Crippen LogP contribution in [0.5, 0.6) is 0 Å². The molecule has 1 saturated heterocycles. The van der Waals surface area contributed by atoms with E-state index in [9.17, 15) is 9.59 Å². The second-order valence-corrected chi connectivity index (χ2v) is 7.97. The van der Waals surface area contributed by atoms with Crippen LogP contribution in [-0.4, -0.2) is 40.9 Å². The largest absolute Gasteiger partial charge is 0.351 e. The van der Waals surface area contributed by atoms with Gasteiger partial charge in [-0.1, -0.05) is 61.4 Å². The number of hydrogen-bond acceptors (Lipinski definition) is 2. The van der Waals surface area contributed by atoms with Crippen molar-refractivity contribution in [3.05, 3.63) is 71.9 Å². The minimum absolute atomic E-state index is 0.123. The number of amides is 2. The second-order valence-electron chi connectivity index (χ2n) is 7.97. The van der Waals surface area contributed by atoms with Crippen molar-refractivity contribution in [2.24, 2.45) is 0 Å². The summed E-state index contributed by atoms with van der Waals surface area (Å²) >= 11 is 0. The molecule has 5 nitrogen and oxygen atoms in total. The minimum atomic E-state index is -0.123. The summed E-state index contributed by atoms with van der Waals surface area (Å²) < 4.78 is 2.11. The number of nitrogens with zero attached hydrogens (tertiary/aromatic N) is 2. The van der Waals surface area contributed by atoms with Crippen LogP contribution in [0.15, 0.2) is 60.8 Å². The Bertz CT molecular complexity index is 1000. The Kier molecular flexibility index (Phi) is 6.47. The molecule has 5 heteroatoms. The molecule has 0 unspecified atom stereocenters. The van der Waals surface area contributed by atoms with Crippen LogP contribution >= 0.6 is 0 Å². The zero-order valence-electron chi connectivity index (χ0n) is 17.3. The van der Waals surface area contributed by atoms with Crippen LogP contribution in [0.4, 0.5) is 0 Å². The molecule has 0 aliphatic carbocycles. The predicted molar refractivity (Wildman–Crippen MR) is 119 cm³/mol. The maximum absolute atomic E-state index is 12.9. The van der Waals surface area contributed by atoms with E-state index in [2.05, 4.69) is 22.0 Å². The van der Waals surface area contributed by atoms with Crippen LogP contribution in [0.3, 0.4) is 0 Å². The predicted octanol–water partition coefficient (Wildman–Crippen LogP) is 4.21. The molecule has 2 heterocycles. The first kappa shape index (κ1) is 20.2. The van der Waals surface area contributed by atoms with Gasteiger partial charge in [0.25, 0.3) is 5.91 Å². The van der Waals surface area contributed by atoms with E-state index in [-0.39, 0.29) is 11.8 Å². The number of benzene rings is 2. The van der Waals surface area contributed by atoms with Crippen molar-refractivity contribution in [2.75, 3.05) is 19.6 Å². The molecule has 1 fully saturated rings. The van der Waals surface area contributed by atoms with Crippen LogP contribution < -0.4 is 5.32 Å². The highest BCUT2D eigenvalue weighted by molar-refractivity contribution is 6.07. The fraction of sp³-hybridized carbons (Fsp3) is 0.360. The number of carbonyl (C=O) groups is 2. The SMILES string of the molecule is O=C(NCCC(=O)N1CCCCCC1)c1cn(Cc2ccccc2)c2ccccc12. The van der Waals surface area contributed by atoms with Gasteiger partial charge in [-0.05, 0) is 24.5 Å². The van der Waals surface area contributed by atoms with Gasteiger partial charge in [-0.2, -0.15) is 0 Å². The second kappa shape index (κ2) is 9.61. The lowest BCUT2D eigenvalue weighted by atomic mass is 10.1. The van der Waals surface area contributed by atoms with Crippen LogP contribution in [0.2, 0.25) is 0 Å². The molecule has 1 aromatic heterocycles. The van der Waals surface area contributed by atoms with Crippen molar-refractivity contribution < 1.29 is 9.59 Å². The summed E-state index contributed by atoms with van der Waals surface area (Å²) in [6.45, 7) is 2.77. The average molecular weight is 404 g/mol. The summed E-state index contributed by atoms with van der Waals surface area (Å²) in [5, 5.41) is 3.89. The third kappa shape index (κ3) is 4.73. The molecule has 0 spiro atoms. The third-order valence-electron chi connectivity index (χ3n) is 5.81. The summed E-state index contributed by atoms with van der Waals surface area (Å²) in [7, 11) is 0. The Morgan fingerprint density at radius 1 is 0.867 bits per heavy atom. The number of fused-ring (bicyclic) bond motifs is 1. The molecule has 2 amide bonds. The van der Waals surface area contributed by atoms with Gasteiger partial charge in [0.05, 0.1) is 5.56 Å². The Balaban J connectivity index is 1.42. The minimum Gasteiger partial charge on any atom is -0.351 e. The molecule has 2 aromatic carbocycles. The number of nitrogens with one attached hydrogen (secondary N) is 1. The van der Waals surface area contributed by atoms with Crippen molar-refractivity contribution in [3.8, 4) is 0 Å². The Morgan fingerprint density at radius 3 is 2.33 bits per heavy atom. The summed E-state index contributed by atoms with van der Waals surface area (Å²) in [5.41, 5.74) is 2.88. The summed E-state index contributed by atoms with van der Waals surface area (Å²) in [4.78, 5) is 27.3. The number of rotatable bonds is 6. The fourth-order valence-electron chi connectivity index (χ4n) is 4.20. The zero-order valence-corrected chi connectivity index (χ0v) is 17.3. The topological polar surface area (TPSA) is 54.3 Å². The highest BCUT2D eigenvalue weighted by atomic mass is 16.2. The van der Waals surface area contributed by atoms with Crippen molar-refractivity contribution >= 4 is 22.7 Å². The molecule has 0 atom stereocenters. The van der Waals surface area contributed by atoms with Crippen LogP contribution in [-0.2, 0) is 11.3 Å². The van der Waals surface area contributed by atoms with E-state index >= 15 is 0 Å². The lowest BCUT2D eigenvalue weighted by Gasteiger charge is -2.20. The lowest BCUT2D eigenvalue weighted by Crippen LogP contribution is -2.35. The first-order valence-electron chi connectivity index (χ1n) is 10.9. The number of carbonyl (C=O) groups excluding carboxylic acids is 2. The zero-order chi connectivity index (χ0) is 20.8. The van der Waals surface area contributed by atoms with Crippen molar-refractivity contribution in [3.63, 3.8) is 0 Å². The average Bonchev–Trinajstić information content (AvgIpc) is 2.94. The maximum Gasteiger partial charge on any atom is 0.253 e. The quantitative estimate of drug-likeness (QED) is 0.670. The van der Waals surface area contributed by atoms with Crippen LogP contribution in [0.25, 0.3) is 10.9 Å². The number of aromatic nitrogens is 1. The molecule has 3 aromatic rings. The van der Waals surface area contributed by atoms with Crippen molar-refractivity contribution in [1.29, 1.82) is 0 Å². The molecule has 4 rings (SSSR count). The van der Waals surface area contributed by atoms with Gasteiger partial charge in [-0.3, -0.25) is 9.59 Å². The summed E-state index contributed by atoms with van der Waals surface area (Å²) in [6, 6.07) is 18.2. The molecule has 30 heavy (non-hydrogen) atoms. The van der Waals surface area contributed by atoms with E-state index < -0.39 is 0 Å². The van der Waals surface area contributed by atoms with Gasteiger partial charge in [0.2, 0.25) is 5.91 Å². The van der Waals surface area contributed by atoms with Gasteiger partial charge in [0, 0.05) is 49.7 Å². The third-order valence-corrected chi connectivity index (χ3v) is 5.81. The van der Waals surface area contributed by atoms with Gasteiger partial charge in [-0.25, -0.2) is 0 Å². The highest BCUT2D eigenvalue weighted by Gasteiger charge is 2.17. The number of hydrogen-bond donors (Lipinski definition) is 1. The highest BCUT2D eigenvalue weighted by Crippen LogP contribution is 2.22. The van der Waals surface area contributed by atoms with E-state index in [4.69, 9.17) is 0 Å². The summed E-state index contributed by atoms with van der Waals surface area (Å²) in [6.07, 6.45) is 6.84. The van der Waals surface area contributed by atoms with Crippen molar-refractivity contribution in [2.45, 2.75) is 38.6 Å². The maximum atomic E-state index is 12.9. The van der Waals surface area contributed by atoms with Crippen LogP contribution in [0, 0.1) is 0 Å². The monoisotopic (exact) mass is 403 g/mol. The van der Waals surface area contributed by atoms with E-state index in [1.165, 1.54) is 18.4 Å². The molecule has 0 radical (unpaired) electrons. The normalized spacial score (nSPS) is 14.5. The summed E-state index contributed by atoms with van der Waals surface area (Å²) in [5.74, 6) is 0.0189. The van der Waals surface area contributed by atoms with Gasteiger partial charge >= 0.3 is 0 Å². The fourth-order valence-corrected chi connectivity index (χ4v) is 4.20. The van der Waals surface area contributed by atoms with Crippen molar-refractivity contribution in [1.82, 2.24) is 14.8 Å². The number of likely N-dealkylation sites (tertiary alicyclic amines) is 1. The Labute approximate surface area is 177 Å². The molecule has 0 saturated carbocycles. The molecule has 0 bridgehead atoms. The van der Waals surface area contributed by atoms with Gasteiger partial charge in [0.1, 0.15) is 0 Å². The molecule has 1 aliphatic rings. The van der Waals surface area contributed by atoms with E-state index in [1.807, 2.05) is 53.6 Å². The van der Waals surface area contributed by atoms with Gasteiger partial charge in [0.15, 0.2) is 0 Å². The lowest BCUT2D eigenvalue weighted by molar-refractivity contribution is -0.131. The van der Waals surface area contributed by atoms with Gasteiger partial charge < -0.3 is 14.8 Å². The van der Waals surface area contributed by atoms with Gasteiger partial charge in [-0.15, -0.1) is 0 Å². The molecule has 156 valence electrons. The Hall–Kier alpha value is -3.08. The van der Waals surface area contributed by atoms with E-state index in [0.29, 0.717) is 25.1 Å². The molecular weight excluding hydrogens is 374 g/mol. The molecule has 1 N–H and O–H groups in total. The molecular formula is C25H29N3O2. The first-order chi connectivity index (χ1) is 14.7. The number of para-hydroxylation sites is 1. The van der Waals surface area contributed by atoms with E-state index in [0.717, 1.165) is 36.8 Å². The smallest absolute Gasteiger partial charge is 0.253 e. The standard InChI is InChI=1S/C25H29N3O2/c29-24(27-16-8-1-2-9-17-27)14-15-26-25(30)22-19-28(18-20-10-4-3-5-11-20)23-13-7-6-12-21(22)23/h3-7,10-13,19H,1-2,8-9,14-18H2,(H,26,30). The van der Waals surface area contributed by atoms with Crippen LogP contribution in [0.1, 0.15) is 48.0 Å². The molecule has 1 aliphatic heterocycles. The first-order valence-corrected chi connectivity index (χ1v) is 10.9. The van der Waals surface area contributed by atoms with E-state index in [1.54, 1.807) is 0 Å². The Morgan fingerprint density at radius 2 is 1.57 bits per heavy atom.